The predicted molar refractivity (Wildman–Crippen MR) is 107 cm³/mol. The molecule has 4 nitrogen and oxygen atoms in total. The van der Waals surface area contributed by atoms with Crippen molar-refractivity contribution < 1.29 is 0 Å². The van der Waals surface area contributed by atoms with Crippen LogP contribution >= 0.6 is 11.3 Å². The van der Waals surface area contributed by atoms with Crippen molar-refractivity contribution in [3.8, 4) is 11.3 Å². The third kappa shape index (κ3) is 3.19. The zero-order valence-corrected chi connectivity index (χ0v) is 14.9. The zero-order valence-electron chi connectivity index (χ0n) is 14.1. The van der Waals surface area contributed by atoms with E-state index in [4.69, 9.17) is 0 Å². The first kappa shape index (κ1) is 15.6. The number of thiazole rings is 1. The van der Waals surface area contributed by atoms with Gasteiger partial charge in [0.05, 0.1) is 11.9 Å². The number of fused-ring (bicyclic) bond motifs is 1. The normalized spacial score (nSPS) is 11.4. The Morgan fingerprint density at radius 1 is 1.08 bits per heavy atom. The van der Waals surface area contributed by atoms with Gasteiger partial charge in [0.1, 0.15) is 0 Å². The molecule has 0 aliphatic rings. The van der Waals surface area contributed by atoms with Gasteiger partial charge in [0.2, 0.25) is 5.13 Å². The highest BCUT2D eigenvalue weighted by Gasteiger charge is 2.06. The van der Waals surface area contributed by atoms with E-state index in [1.165, 1.54) is 10.9 Å². The number of anilines is 1. The van der Waals surface area contributed by atoms with Crippen molar-refractivity contribution in [2.75, 3.05) is 5.43 Å². The second-order valence-corrected chi connectivity index (χ2v) is 6.84. The number of rotatable bonds is 4. The Hall–Kier alpha value is -2.92. The molecule has 0 atom stereocenters. The van der Waals surface area contributed by atoms with Gasteiger partial charge in [0.15, 0.2) is 0 Å². The predicted octanol–water partition coefficient (Wildman–Crippen LogP) is 5.35. The van der Waals surface area contributed by atoms with Crippen LogP contribution in [0.15, 0.2) is 59.0 Å². The average Bonchev–Trinajstić information content (AvgIpc) is 3.21. The quantitative estimate of drug-likeness (QED) is 0.386. The van der Waals surface area contributed by atoms with Crippen molar-refractivity contribution in [3.63, 3.8) is 0 Å². The molecule has 0 spiro atoms. The van der Waals surface area contributed by atoms with Crippen molar-refractivity contribution in [2.45, 2.75) is 13.8 Å². The van der Waals surface area contributed by atoms with E-state index in [2.05, 4.69) is 70.7 Å². The van der Waals surface area contributed by atoms with Crippen molar-refractivity contribution in [1.29, 1.82) is 0 Å². The average molecular weight is 346 g/mol. The summed E-state index contributed by atoms with van der Waals surface area (Å²) >= 11 is 1.55. The summed E-state index contributed by atoms with van der Waals surface area (Å²) in [7, 11) is 0. The zero-order chi connectivity index (χ0) is 17.2. The Balaban J connectivity index is 1.52. The molecule has 0 unspecified atom stereocenters. The smallest absolute Gasteiger partial charge is 0.203 e. The second kappa shape index (κ2) is 6.53. The van der Waals surface area contributed by atoms with E-state index in [-0.39, 0.29) is 0 Å². The number of aromatic nitrogens is 2. The number of H-pyrrole nitrogens is 1. The van der Waals surface area contributed by atoms with E-state index in [9.17, 15) is 0 Å². The molecule has 0 saturated carbocycles. The number of aromatic amines is 1. The van der Waals surface area contributed by atoms with Gasteiger partial charge in [-0.15, -0.1) is 11.3 Å². The molecule has 4 aromatic rings. The largest absolute Gasteiger partial charge is 0.358 e. The number of nitrogens with zero attached hydrogens (tertiary/aromatic N) is 2. The first-order chi connectivity index (χ1) is 12.2. The molecule has 2 aromatic carbocycles. The van der Waals surface area contributed by atoms with E-state index in [1.807, 2.05) is 23.7 Å². The fourth-order valence-corrected chi connectivity index (χ4v) is 3.47. The number of nitrogens with one attached hydrogen (secondary N) is 2. The number of benzene rings is 2. The highest BCUT2D eigenvalue weighted by atomic mass is 32.1. The molecule has 5 heteroatoms. The van der Waals surface area contributed by atoms with Crippen molar-refractivity contribution >= 4 is 33.6 Å². The van der Waals surface area contributed by atoms with Crippen LogP contribution in [0, 0.1) is 13.8 Å². The Kier molecular flexibility index (Phi) is 4.07. The van der Waals surface area contributed by atoms with Gasteiger partial charge in [-0.25, -0.2) is 4.98 Å². The van der Waals surface area contributed by atoms with Gasteiger partial charge in [-0.05, 0) is 19.9 Å². The van der Waals surface area contributed by atoms with Gasteiger partial charge in [-0.3, -0.25) is 5.43 Å². The first-order valence-electron chi connectivity index (χ1n) is 8.09. The van der Waals surface area contributed by atoms with Crippen LogP contribution in [0.2, 0.25) is 0 Å². The van der Waals surface area contributed by atoms with Gasteiger partial charge in [-0.2, -0.15) is 5.10 Å². The van der Waals surface area contributed by atoms with Crippen LogP contribution in [0.25, 0.3) is 22.2 Å². The molecular weight excluding hydrogens is 328 g/mol. The summed E-state index contributed by atoms with van der Waals surface area (Å²) < 4.78 is 0. The van der Waals surface area contributed by atoms with E-state index < -0.39 is 0 Å². The molecule has 2 heterocycles. The van der Waals surface area contributed by atoms with Gasteiger partial charge in [0, 0.05) is 33.1 Å². The van der Waals surface area contributed by atoms with Crippen molar-refractivity contribution in [2.24, 2.45) is 5.10 Å². The van der Waals surface area contributed by atoms with E-state index >= 15 is 0 Å². The molecule has 2 N–H and O–H groups in total. The summed E-state index contributed by atoms with van der Waals surface area (Å²) in [5, 5.41) is 8.36. The molecule has 0 bridgehead atoms. The molecule has 0 amide bonds. The van der Waals surface area contributed by atoms with E-state index in [0.29, 0.717) is 0 Å². The van der Waals surface area contributed by atoms with Crippen molar-refractivity contribution in [1.82, 2.24) is 9.97 Å². The third-order valence-electron chi connectivity index (χ3n) is 4.15. The summed E-state index contributed by atoms with van der Waals surface area (Å²) in [6, 6.07) is 16.6. The lowest BCUT2D eigenvalue weighted by Crippen LogP contribution is -1.91. The molecular formula is C20H18N4S. The summed E-state index contributed by atoms with van der Waals surface area (Å²) in [5.74, 6) is 0. The van der Waals surface area contributed by atoms with Crippen LogP contribution in [-0.2, 0) is 0 Å². The monoisotopic (exact) mass is 346 g/mol. The van der Waals surface area contributed by atoms with Crippen molar-refractivity contribution in [3.05, 3.63) is 70.7 Å². The summed E-state index contributed by atoms with van der Waals surface area (Å²) in [6.45, 7) is 4.14. The number of hydrazone groups is 1. The fraction of sp³-hybridized carbons (Fsp3) is 0.100. The number of para-hydroxylation sites is 1. The lowest BCUT2D eigenvalue weighted by atomic mass is 10.1. The van der Waals surface area contributed by atoms with Crippen LogP contribution in [0.5, 0.6) is 0 Å². The van der Waals surface area contributed by atoms with Crippen LogP contribution in [-0.4, -0.2) is 16.2 Å². The molecule has 0 saturated heterocycles. The summed E-state index contributed by atoms with van der Waals surface area (Å²) in [5.41, 5.74) is 9.69. The Labute approximate surface area is 150 Å². The lowest BCUT2D eigenvalue weighted by molar-refractivity contribution is 1.27. The Morgan fingerprint density at radius 2 is 1.88 bits per heavy atom. The molecule has 4 rings (SSSR count). The lowest BCUT2D eigenvalue weighted by Gasteiger charge is -1.97. The molecule has 0 radical (unpaired) electrons. The summed E-state index contributed by atoms with van der Waals surface area (Å²) in [4.78, 5) is 7.97. The van der Waals surface area contributed by atoms with E-state index in [0.717, 1.165) is 33.2 Å². The van der Waals surface area contributed by atoms with Gasteiger partial charge < -0.3 is 4.98 Å². The summed E-state index contributed by atoms with van der Waals surface area (Å²) in [6.07, 6.45) is 1.85. The molecule has 0 aliphatic heterocycles. The minimum atomic E-state index is 0.782. The fourth-order valence-electron chi connectivity index (χ4n) is 2.80. The van der Waals surface area contributed by atoms with Gasteiger partial charge in [0.25, 0.3) is 0 Å². The van der Waals surface area contributed by atoms with Crippen LogP contribution in [0.3, 0.4) is 0 Å². The highest BCUT2D eigenvalue weighted by molar-refractivity contribution is 7.14. The molecule has 25 heavy (non-hydrogen) atoms. The minimum absolute atomic E-state index is 0.782. The van der Waals surface area contributed by atoms with E-state index in [1.54, 1.807) is 11.3 Å². The molecule has 124 valence electrons. The van der Waals surface area contributed by atoms with Gasteiger partial charge in [-0.1, -0.05) is 48.0 Å². The maximum absolute atomic E-state index is 4.60. The molecule has 0 aliphatic carbocycles. The second-order valence-electron chi connectivity index (χ2n) is 5.98. The maximum atomic E-state index is 4.60. The molecule has 0 fully saturated rings. The Morgan fingerprint density at radius 3 is 2.72 bits per heavy atom. The Bertz CT molecular complexity index is 1040. The number of aryl methyl sites for hydroxylation is 2. The SMILES string of the molecule is Cc1ccc(-c2csc(N/N=C\c3c(C)[nH]c4ccccc34)n2)cc1. The van der Waals surface area contributed by atoms with Crippen LogP contribution < -0.4 is 5.43 Å². The highest BCUT2D eigenvalue weighted by Crippen LogP contribution is 2.25. The van der Waals surface area contributed by atoms with Crippen LogP contribution in [0.1, 0.15) is 16.8 Å². The first-order valence-corrected chi connectivity index (χ1v) is 8.97. The number of hydrogen-bond donors (Lipinski definition) is 2. The third-order valence-corrected chi connectivity index (χ3v) is 4.90. The minimum Gasteiger partial charge on any atom is -0.358 e. The number of hydrogen-bond acceptors (Lipinski definition) is 4. The molecule has 2 aromatic heterocycles. The standard InChI is InChI=1S/C20H18N4S/c1-13-7-9-15(10-8-13)19-12-25-20(23-19)24-21-11-17-14(2)22-18-6-4-3-5-16(17)18/h3-12,22H,1-2H3,(H,23,24)/b21-11-. The van der Waals surface area contributed by atoms with Crippen LogP contribution in [0.4, 0.5) is 5.13 Å². The maximum Gasteiger partial charge on any atom is 0.203 e. The van der Waals surface area contributed by atoms with Gasteiger partial charge >= 0.3 is 0 Å². The topological polar surface area (TPSA) is 53.1 Å².